The van der Waals surface area contributed by atoms with Crippen molar-refractivity contribution in [3.8, 4) is 5.75 Å². The van der Waals surface area contributed by atoms with Gasteiger partial charge >= 0.3 is 0 Å². The van der Waals surface area contributed by atoms with E-state index in [4.69, 9.17) is 10.5 Å². The zero-order valence-electron chi connectivity index (χ0n) is 12.4. The molecule has 2 atom stereocenters. The molecule has 2 N–H and O–H groups in total. The first-order valence-corrected chi connectivity index (χ1v) is 7.20. The van der Waals surface area contributed by atoms with E-state index in [0.29, 0.717) is 6.54 Å². The molecule has 1 fully saturated rings. The van der Waals surface area contributed by atoms with Gasteiger partial charge in [-0.05, 0) is 29.9 Å². The Kier molecular flexibility index (Phi) is 4.83. The average molecular weight is 262 g/mol. The van der Waals surface area contributed by atoms with E-state index in [9.17, 15) is 0 Å². The van der Waals surface area contributed by atoms with Crippen molar-refractivity contribution < 1.29 is 4.74 Å². The van der Waals surface area contributed by atoms with Crippen LogP contribution in [0.5, 0.6) is 5.75 Å². The lowest BCUT2D eigenvalue weighted by molar-refractivity contribution is 0.134. The fourth-order valence-corrected chi connectivity index (χ4v) is 3.24. The molecular formula is C16H26N2O. The summed E-state index contributed by atoms with van der Waals surface area (Å²) in [6.07, 6.45) is 1.35. The van der Waals surface area contributed by atoms with Gasteiger partial charge in [-0.1, -0.05) is 26.0 Å². The highest BCUT2D eigenvalue weighted by Crippen LogP contribution is 2.25. The predicted molar refractivity (Wildman–Crippen MR) is 79.1 cm³/mol. The Labute approximate surface area is 116 Å². The summed E-state index contributed by atoms with van der Waals surface area (Å²) >= 11 is 0. The standard InChI is InChI=1S/C16H26N2O/c1-12-6-13(2)10-18(9-12)11-14-4-5-15(8-17)16(7-14)19-3/h4-5,7,12-13H,6,8-11,17H2,1-3H3. The molecule has 2 unspecified atom stereocenters. The molecule has 19 heavy (non-hydrogen) atoms. The first-order chi connectivity index (χ1) is 9.12. The number of benzene rings is 1. The molecule has 1 saturated heterocycles. The lowest BCUT2D eigenvalue weighted by atomic mass is 9.91. The van der Waals surface area contributed by atoms with Crippen LogP contribution < -0.4 is 10.5 Å². The number of nitrogens with two attached hydrogens (primary N) is 1. The summed E-state index contributed by atoms with van der Waals surface area (Å²) in [6.45, 7) is 8.63. The summed E-state index contributed by atoms with van der Waals surface area (Å²) in [5, 5.41) is 0. The van der Waals surface area contributed by atoms with E-state index < -0.39 is 0 Å². The highest BCUT2D eigenvalue weighted by atomic mass is 16.5. The van der Waals surface area contributed by atoms with Crippen LogP contribution in [-0.4, -0.2) is 25.1 Å². The van der Waals surface area contributed by atoms with Crippen molar-refractivity contribution in [2.24, 2.45) is 17.6 Å². The quantitative estimate of drug-likeness (QED) is 0.906. The maximum absolute atomic E-state index is 5.71. The maximum atomic E-state index is 5.71. The third-order valence-corrected chi connectivity index (χ3v) is 3.92. The first kappa shape index (κ1) is 14.4. The lowest BCUT2D eigenvalue weighted by Gasteiger charge is -2.35. The van der Waals surface area contributed by atoms with E-state index in [1.165, 1.54) is 25.1 Å². The third kappa shape index (κ3) is 3.71. The Hall–Kier alpha value is -1.06. The van der Waals surface area contributed by atoms with Crippen LogP contribution in [0.15, 0.2) is 18.2 Å². The number of nitrogens with zero attached hydrogens (tertiary/aromatic N) is 1. The third-order valence-electron chi connectivity index (χ3n) is 3.92. The zero-order valence-corrected chi connectivity index (χ0v) is 12.4. The Morgan fingerprint density at radius 1 is 1.26 bits per heavy atom. The van der Waals surface area contributed by atoms with Crippen LogP contribution in [0.4, 0.5) is 0 Å². The largest absolute Gasteiger partial charge is 0.496 e. The Morgan fingerprint density at radius 2 is 1.95 bits per heavy atom. The molecule has 1 aliphatic rings. The molecule has 0 saturated carbocycles. The fourth-order valence-electron chi connectivity index (χ4n) is 3.24. The number of methoxy groups -OCH3 is 1. The number of rotatable bonds is 4. The second-order valence-electron chi connectivity index (χ2n) is 5.99. The second-order valence-corrected chi connectivity index (χ2v) is 5.99. The second kappa shape index (κ2) is 6.40. The van der Waals surface area contributed by atoms with Crippen molar-refractivity contribution in [1.82, 2.24) is 4.90 Å². The molecule has 0 amide bonds. The summed E-state index contributed by atoms with van der Waals surface area (Å²) in [7, 11) is 1.71. The minimum atomic E-state index is 0.529. The van der Waals surface area contributed by atoms with Crippen LogP contribution in [0.2, 0.25) is 0 Å². The topological polar surface area (TPSA) is 38.5 Å². The average Bonchev–Trinajstić information content (AvgIpc) is 2.37. The van der Waals surface area contributed by atoms with Crippen LogP contribution in [0.1, 0.15) is 31.4 Å². The first-order valence-electron chi connectivity index (χ1n) is 7.20. The van der Waals surface area contributed by atoms with Gasteiger partial charge in [0.05, 0.1) is 7.11 Å². The minimum absolute atomic E-state index is 0.529. The number of hydrogen-bond acceptors (Lipinski definition) is 3. The van der Waals surface area contributed by atoms with Gasteiger partial charge in [-0.15, -0.1) is 0 Å². The number of ether oxygens (including phenoxy) is 1. The molecule has 0 bridgehead atoms. The molecule has 0 aliphatic carbocycles. The summed E-state index contributed by atoms with van der Waals surface area (Å²) in [4.78, 5) is 2.55. The highest BCUT2D eigenvalue weighted by Gasteiger charge is 2.21. The van der Waals surface area contributed by atoms with Gasteiger partial charge in [0, 0.05) is 31.7 Å². The van der Waals surface area contributed by atoms with Gasteiger partial charge in [0.1, 0.15) is 5.75 Å². The van der Waals surface area contributed by atoms with Gasteiger partial charge < -0.3 is 10.5 Å². The minimum Gasteiger partial charge on any atom is -0.496 e. The van der Waals surface area contributed by atoms with Crippen LogP contribution in [0.25, 0.3) is 0 Å². The van der Waals surface area contributed by atoms with E-state index in [2.05, 4.69) is 36.9 Å². The monoisotopic (exact) mass is 262 g/mol. The summed E-state index contributed by atoms with van der Waals surface area (Å²) in [5.41, 5.74) is 8.10. The van der Waals surface area contributed by atoms with Crippen LogP contribution in [0, 0.1) is 11.8 Å². The molecule has 0 spiro atoms. The molecule has 1 aromatic rings. The summed E-state index contributed by atoms with van der Waals surface area (Å²) < 4.78 is 5.41. The molecule has 1 aromatic carbocycles. The Balaban J connectivity index is 2.06. The maximum Gasteiger partial charge on any atom is 0.123 e. The SMILES string of the molecule is COc1cc(CN2CC(C)CC(C)C2)ccc1CN. The van der Waals surface area contributed by atoms with Gasteiger partial charge in [0.2, 0.25) is 0 Å². The van der Waals surface area contributed by atoms with E-state index in [1.807, 2.05) is 0 Å². The predicted octanol–water partition coefficient (Wildman–Crippen LogP) is 2.63. The van der Waals surface area contributed by atoms with Crippen molar-refractivity contribution in [3.05, 3.63) is 29.3 Å². The molecule has 0 radical (unpaired) electrons. The molecule has 1 aliphatic heterocycles. The van der Waals surface area contributed by atoms with E-state index >= 15 is 0 Å². The molecule has 0 aromatic heterocycles. The molecule has 3 heteroatoms. The van der Waals surface area contributed by atoms with Crippen LogP contribution >= 0.6 is 0 Å². The van der Waals surface area contributed by atoms with Crippen molar-refractivity contribution >= 4 is 0 Å². The van der Waals surface area contributed by atoms with Crippen LogP contribution in [-0.2, 0) is 13.1 Å². The molecular weight excluding hydrogens is 236 g/mol. The van der Waals surface area contributed by atoms with E-state index in [0.717, 1.165) is 29.7 Å². The van der Waals surface area contributed by atoms with E-state index in [-0.39, 0.29) is 0 Å². The van der Waals surface area contributed by atoms with Gasteiger partial charge in [0.25, 0.3) is 0 Å². The van der Waals surface area contributed by atoms with Crippen molar-refractivity contribution in [1.29, 1.82) is 0 Å². The highest BCUT2D eigenvalue weighted by molar-refractivity contribution is 5.37. The van der Waals surface area contributed by atoms with Crippen molar-refractivity contribution in [3.63, 3.8) is 0 Å². The van der Waals surface area contributed by atoms with Gasteiger partial charge in [-0.3, -0.25) is 4.90 Å². The number of piperidine rings is 1. The number of likely N-dealkylation sites (tertiary alicyclic amines) is 1. The van der Waals surface area contributed by atoms with Gasteiger partial charge in [-0.25, -0.2) is 0 Å². The molecule has 3 nitrogen and oxygen atoms in total. The Bertz CT molecular complexity index is 409. The van der Waals surface area contributed by atoms with Crippen molar-refractivity contribution in [2.75, 3.05) is 20.2 Å². The zero-order chi connectivity index (χ0) is 13.8. The molecule has 106 valence electrons. The lowest BCUT2D eigenvalue weighted by Crippen LogP contribution is -2.38. The number of hydrogen-bond donors (Lipinski definition) is 1. The van der Waals surface area contributed by atoms with Gasteiger partial charge in [0.15, 0.2) is 0 Å². The smallest absolute Gasteiger partial charge is 0.123 e. The Morgan fingerprint density at radius 3 is 2.53 bits per heavy atom. The fraction of sp³-hybridized carbons (Fsp3) is 0.625. The van der Waals surface area contributed by atoms with Gasteiger partial charge in [-0.2, -0.15) is 0 Å². The molecule has 2 rings (SSSR count). The molecule has 1 heterocycles. The van der Waals surface area contributed by atoms with Crippen LogP contribution in [0.3, 0.4) is 0 Å². The van der Waals surface area contributed by atoms with E-state index in [1.54, 1.807) is 7.11 Å². The summed E-state index contributed by atoms with van der Waals surface area (Å²) in [5.74, 6) is 2.51. The normalized spacial score (nSPS) is 24.4. The van der Waals surface area contributed by atoms with Crippen molar-refractivity contribution in [2.45, 2.75) is 33.4 Å². The summed E-state index contributed by atoms with van der Waals surface area (Å²) in [6, 6.07) is 6.39.